The molecule has 0 aliphatic heterocycles. The van der Waals surface area contributed by atoms with Crippen molar-refractivity contribution in [2.75, 3.05) is 24.7 Å². The van der Waals surface area contributed by atoms with Crippen LogP contribution in [0, 0.1) is 0 Å². The summed E-state index contributed by atoms with van der Waals surface area (Å²) in [6.07, 6.45) is 10.9. The third-order valence-corrected chi connectivity index (χ3v) is 6.64. The molecule has 2 unspecified atom stereocenters. The molecule has 0 aliphatic carbocycles. The predicted octanol–water partition coefficient (Wildman–Crippen LogP) is 5.32. The highest BCUT2D eigenvalue weighted by Crippen LogP contribution is 2.18. The maximum Gasteiger partial charge on any atom is 0.316 e. The van der Waals surface area contributed by atoms with Gasteiger partial charge in [-0.25, -0.2) is 0 Å². The van der Waals surface area contributed by atoms with E-state index in [9.17, 15) is 9.59 Å². The number of hydrogen-bond donors (Lipinski definition) is 2. The van der Waals surface area contributed by atoms with Crippen molar-refractivity contribution in [1.29, 1.82) is 0 Å². The summed E-state index contributed by atoms with van der Waals surface area (Å²) in [6.45, 7) is 5.33. The highest BCUT2D eigenvalue weighted by molar-refractivity contribution is 8.00. The third-order valence-electron chi connectivity index (χ3n) is 4.32. The van der Waals surface area contributed by atoms with Crippen LogP contribution in [0.15, 0.2) is 0 Å². The lowest BCUT2D eigenvalue weighted by atomic mass is 10.1. The second-order valence-corrected chi connectivity index (χ2v) is 9.90. The summed E-state index contributed by atoms with van der Waals surface area (Å²) in [6, 6.07) is 0. The predicted molar refractivity (Wildman–Crippen MR) is 116 cm³/mol. The van der Waals surface area contributed by atoms with E-state index in [1.165, 1.54) is 50.3 Å². The summed E-state index contributed by atoms with van der Waals surface area (Å²) >= 11 is 3.37. The first-order chi connectivity index (χ1) is 12.9. The number of carbonyl (C=O) groups is 2. The SMILES string of the molecule is CC(CCCCCCCCCCC(=O)O)SCCOCCSC(C)C(=O)O. The number of aliphatic carboxylic acids is 2. The molecular formula is C20H38O5S2. The van der Waals surface area contributed by atoms with Crippen LogP contribution >= 0.6 is 23.5 Å². The second-order valence-electron chi connectivity index (χ2n) is 6.91. The van der Waals surface area contributed by atoms with E-state index < -0.39 is 11.9 Å². The lowest BCUT2D eigenvalue weighted by Gasteiger charge is -2.11. The molecule has 2 atom stereocenters. The molecule has 0 saturated heterocycles. The monoisotopic (exact) mass is 422 g/mol. The van der Waals surface area contributed by atoms with Crippen LogP contribution in [-0.2, 0) is 14.3 Å². The minimum Gasteiger partial charge on any atom is -0.481 e. The van der Waals surface area contributed by atoms with Gasteiger partial charge in [0.15, 0.2) is 0 Å². The van der Waals surface area contributed by atoms with Crippen LogP contribution in [0.2, 0.25) is 0 Å². The molecule has 0 rings (SSSR count). The highest BCUT2D eigenvalue weighted by Gasteiger charge is 2.10. The molecule has 0 aromatic heterocycles. The Morgan fingerprint density at radius 3 is 1.89 bits per heavy atom. The largest absolute Gasteiger partial charge is 0.481 e. The van der Waals surface area contributed by atoms with Gasteiger partial charge < -0.3 is 14.9 Å². The molecule has 0 aromatic carbocycles. The van der Waals surface area contributed by atoms with Gasteiger partial charge in [-0.2, -0.15) is 11.8 Å². The van der Waals surface area contributed by atoms with Crippen molar-refractivity contribution in [3.63, 3.8) is 0 Å². The zero-order valence-electron chi connectivity index (χ0n) is 17.0. The average Bonchev–Trinajstić information content (AvgIpc) is 2.61. The molecule has 160 valence electrons. The van der Waals surface area contributed by atoms with E-state index in [1.54, 1.807) is 6.92 Å². The summed E-state index contributed by atoms with van der Waals surface area (Å²) in [5.74, 6) is 0.280. The maximum absolute atomic E-state index is 10.7. The molecule has 0 fully saturated rings. The van der Waals surface area contributed by atoms with Gasteiger partial charge in [0.2, 0.25) is 0 Å². The molecule has 2 N–H and O–H groups in total. The first kappa shape index (κ1) is 26.6. The Kier molecular flexibility index (Phi) is 18.7. The van der Waals surface area contributed by atoms with Crippen molar-refractivity contribution in [2.24, 2.45) is 0 Å². The molecule has 27 heavy (non-hydrogen) atoms. The number of hydrogen-bond acceptors (Lipinski definition) is 5. The first-order valence-corrected chi connectivity index (χ1v) is 12.3. The summed E-state index contributed by atoms with van der Waals surface area (Å²) in [5.41, 5.74) is 0. The number of thioether (sulfide) groups is 2. The summed E-state index contributed by atoms with van der Waals surface area (Å²) in [7, 11) is 0. The Balaban J connectivity index is 3.25. The van der Waals surface area contributed by atoms with Gasteiger partial charge >= 0.3 is 11.9 Å². The number of rotatable bonds is 20. The molecule has 0 aromatic rings. The van der Waals surface area contributed by atoms with Crippen LogP contribution in [0.4, 0.5) is 0 Å². The Labute approximate surface area is 173 Å². The molecule has 0 heterocycles. The van der Waals surface area contributed by atoms with Crippen molar-refractivity contribution in [1.82, 2.24) is 0 Å². The van der Waals surface area contributed by atoms with Crippen LogP contribution in [0.3, 0.4) is 0 Å². The topological polar surface area (TPSA) is 83.8 Å². The summed E-state index contributed by atoms with van der Waals surface area (Å²) in [5, 5.41) is 17.6. The van der Waals surface area contributed by atoms with E-state index >= 15 is 0 Å². The molecule has 0 amide bonds. The van der Waals surface area contributed by atoms with E-state index in [1.807, 2.05) is 11.8 Å². The van der Waals surface area contributed by atoms with Gasteiger partial charge in [0.05, 0.1) is 18.5 Å². The molecule has 7 heteroatoms. The van der Waals surface area contributed by atoms with E-state index in [-0.39, 0.29) is 5.25 Å². The van der Waals surface area contributed by atoms with Crippen LogP contribution in [-0.4, -0.2) is 57.4 Å². The zero-order valence-corrected chi connectivity index (χ0v) is 18.6. The van der Waals surface area contributed by atoms with E-state index in [0.29, 0.717) is 18.3 Å². The van der Waals surface area contributed by atoms with Crippen LogP contribution < -0.4 is 0 Å². The fourth-order valence-corrected chi connectivity index (χ4v) is 4.28. The van der Waals surface area contributed by atoms with Crippen molar-refractivity contribution in [2.45, 2.75) is 88.6 Å². The number of unbranched alkanes of at least 4 members (excludes halogenated alkanes) is 7. The molecular weight excluding hydrogens is 384 g/mol. The van der Waals surface area contributed by atoms with Gasteiger partial charge in [-0.1, -0.05) is 51.9 Å². The molecule has 0 aliphatic rings. The number of carboxylic acids is 2. The Morgan fingerprint density at radius 2 is 1.33 bits per heavy atom. The molecule has 0 bridgehead atoms. The molecule has 0 radical (unpaired) electrons. The van der Waals surface area contributed by atoms with Gasteiger partial charge in [-0.15, -0.1) is 11.8 Å². The van der Waals surface area contributed by atoms with Gasteiger partial charge in [0, 0.05) is 23.2 Å². The van der Waals surface area contributed by atoms with Crippen LogP contribution in [0.1, 0.15) is 78.1 Å². The molecule has 5 nitrogen and oxygen atoms in total. The van der Waals surface area contributed by atoms with Gasteiger partial charge in [0.25, 0.3) is 0 Å². The summed E-state index contributed by atoms with van der Waals surface area (Å²) < 4.78 is 5.56. The van der Waals surface area contributed by atoms with Crippen LogP contribution in [0.25, 0.3) is 0 Å². The maximum atomic E-state index is 10.7. The Morgan fingerprint density at radius 1 is 0.815 bits per heavy atom. The first-order valence-electron chi connectivity index (χ1n) is 10.2. The fraction of sp³-hybridized carbons (Fsp3) is 0.900. The lowest BCUT2D eigenvalue weighted by molar-refractivity contribution is -0.137. The quantitative estimate of drug-likeness (QED) is 0.257. The molecule has 0 saturated carbocycles. The van der Waals surface area contributed by atoms with E-state index in [4.69, 9.17) is 14.9 Å². The normalized spacial score (nSPS) is 13.4. The summed E-state index contributed by atoms with van der Waals surface area (Å²) in [4.78, 5) is 21.1. The third kappa shape index (κ3) is 20.2. The van der Waals surface area contributed by atoms with E-state index in [0.717, 1.165) is 37.4 Å². The minimum atomic E-state index is -0.764. The van der Waals surface area contributed by atoms with Crippen molar-refractivity contribution in [3.8, 4) is 0 Å². The second kappa shape index (κ2) is 18.9. The minimum absolute atomic E-state index is 0.309. The average molecular weight is 423 g/mol. The number of ether oxygens (including phenoxy) is 1. The zero-order chi connectivity index (χ0) is 20.3. The fourth-order valence-electron chi connectivity index (χ4n) is 2.62. The van der Waals surface area contributed by atoms with Gasteiger partial charge in [-0.05, 0) is 19.8 Å². The van der Waals surface area contributed by atoms with Crippen LogP contribution in [0.5, 0.6) is 0 Å². The van der Waals surface area contributed by atoms with Crippen molar-refractivity contribution in [3.05, 3.63) is 0 Å². The number of carboxylic acid groups (broad SMARTS) is 2. The van der Waals surface area contributed by atoms with Gasteiger partial charge in [-0.3, -0.25) is 9.59 Å². The highest BCUT2D eigenvalue weighted by atomic mass is 32.2. The lowest BCUT2D eigenvalue weighted by Crippen LogP contribution is -2.13. The van der Waals surface area contributed by atoms with Crippen molar-refractivity contribution >= 4 is 35.5 Å². The molecule has 0 spiro atoms. The van der Waals surface area contributed by atoms with Crippen molar-refractivity contribution < 1.29 is 24.5 Å². The van der Waals surface area contributed by atoms with E-state index in [2.05, 4.69) is 6.92 Å². The standard InChI is InChI=1S/C20H38O5S2/c1-17(26-15-13-25-14-16-27-18(2)20(23)24)11-9-7-5-3-4-6-8-10-12-19(21)22/h17-18H,3-16H2,1-2H3,(H,21,22)(H,23,24). The van der Waals surface area contributed by atoms with Gasteiger partial charge in [0.1, 0.15) is 0 Å². The smallest absolute Gasteiger partial charge is 0.316 e. The Bertz CT molecular complexity index is 379. The Hall–Kier alpha value is -0.400.